The van der Waals surface area contributed by atoms with Crippen LogP contribution in [0.1, 0.15) is 64.3 Å². The Morgan fingerprint density at radius 2 is 1.23 bits per heavy atom. The van der Waals surface area contributed by atoms with Gasteiger partial charge >= 0.3 is 12.2 Å². The molecule has 0 radical (unpaired) electrons. The number of hydrogen-bond acceptors (Lipinski definition) is 7. The molecule has 312 valence electrons. The number of methoxy groups -OCH3 is 1. The minimum atomic E-state index is -1.15. The maximum absolute atomic E-state index is 13.8. The third kappa shape index (κ3) is 8.27. The fourth-order valence-corrected chi connectivity index (χ4v) is 8.36. The number of aromatic nitrogens is 4. The number of nitrogens with zero attached hydrogens (tertiary/aromatic N) is 5. The highest BCUT2D eigenvalue weighted by Gasteiger charge is 2.41. The molecule has 14 heteroatoms. The van der Waals surface area contributed by atoms with Gasteiger partial charge in [0, 0.05) is 25.7 Å². The van der Waals surface area contributed by atoms with Crippen LogP contribution in [0, 0.1) is 11.8 Å². The van der Waals surface area contributed by atoms with E-state index < -0.39 is 24.3 Å². The number of fused-ring (bicyclic) bond motifs is 1. The average molecular weight is 813 g/mol. The molecule has 0 spiro atoms. The number of likely N-dealkylation sites (tertiary alicyclic amines) is 2. The van der Waals surface area contributed by atoms with Crippen LogP contribution in [0.4, 0.5) is 9.59 Å². The number of hydrogen-bond donors (Lipinski definition) is 4. The maximum atomic E-state index is 13.8. The highest BCUT2D eigenvalue weighted by atomic mass is 16.5. The molecule has 4 N–H and O–H groups in total. The highest BCUT2D eigenvalue weighted by molar-refractivity contribution is 5.91. The molecule has 2 saturated heterocycles. The van der Waals surface area contributed by atoms with E-state index in [-0.39, 0.29) is 35.7 Å². The van der Waals surface area contributed by atoms with E-state index in [1.54, 1.807) is 22.2 Å². The monoisotopic (exact) mass is 812 g/mol. The molecule has 2 aromatic heterocycles. The maximum Gasteiger partial charge on any atom is 0.407 e. The second-order valence-corrected chi connectivity index (χ2v) is 16.5. The van der Waals surface area contributed by atoms with Gasteiger partial charge in [-0.15, -0.1) is 0 Å². The summed E-state index contributed by atoms with van der Waals surface area (Å²) >= 11 is 0. The summed E-state index contributed by atoms with van der Waals surface area (Å²) in [4.78, 5) is 72.0. The number of H-pyrrole nitrogens is 2. The number of benzene rings is 3. The minimum Gasteiger partial charge on any atom is -0.465 e. The lowest BCUT2D eigenvalue weighted by Crippen LogP contribution is -2.51. The normalized spacial score (nSPS) is 17.7. The van der Waals surface area contributed by atoms with E-state index in [4.69, 9.17) is 4.74 Å². The Labute approximate surface area is 349 Å². The zero-order valence-corrected chi connectivity index (χ0v) is 34.9. The molecule has 4 amide bonds. The Hall–Kier alpha value is -6.70. The molecule has 60 heavy (non-hydrogen) atoms. The number of alkyl carbamates (subject to hydrolysis) is 1. The van der Waals surface area contributed by atoms with Crippen molar-refractivity contribution in [2.75, 3.05) is 27.2 Å². The summed E-state index contributed by atoms with van der Waals surface area (Å²) in [5, 5.41) is 14.5. The second-order valence-electron chi connectivity index (χ2n) is 16.5. The Morgan fingerprint density at radius 3 is 1.75 bits per heavy atom. The largest absolute Gasteiger partial charge is 0.465 e. The van der Waals surface area contributed by atoms with Crippen molar-refractivity contribution in [2.45, 2.75) is 64.7 Å². The predicted octanol–water partition coefficient (Wildman–Crippen LogP) is 7.96. The van der Waals surface area contributed by atoms with Crippen molar-refractivity contribution < 1.29 is 29.0 Å². The van der Waals surface area contributed by atoms with Crippen molar-refractivity contribution in [3.8, 4) is 33.6 Å². The van der Waals surface area contributed by atoms with Crippen LogP contribution in [0.25, 0.3) is 44.4 Å². The fourth-order valence-electron chi connectivity index (χ4n) is 8.36. The number of carboxylic acid groups (broad SMARTS) is 1. The van der Waals surface area contributed by atoms with Crippen LogP contribution in [0.15, 0.2) is 97.4 Å². The molecule has 2 aliphatic heterocycles. The topological polar surface area (TPSA) is 177 Å². The zero-order valence-electron chi connectivity index (χ0n) is 34.9. The van der Waals surface area contributed by atoms with Gasteiger partial charge in [0.2, 0.25) is 11.8 Å². The van der Waals surface area contributed by atoms with Gasteiger partial charge in [-0.05, 0) is 64.3 Å². The van der Waals surface area contributed by atoms with Gasteiger partial charge < -0.3 is 34.9 Å². The van der Waals surface area contributed by atoms with Crippen LogP contribution < -0.4 is 5.32 Å². The number of aromatic amines is 2. The van der Waals surface area contributed by atoms with Gasteiger partial charge in [0.1, 0.15) is 23.7 Å². The molecule has 0 bridgehead atoms. The number of amides is 4. The first-order chi connectivity index (χ1) is 28.6. The molecule has 0 aliphatic carbocycles. The van der Waals surface area contributed by atoms with E-state index >= 15 is 0 Å². The van der Waals surface area contributed by atoms with E-state index in [0.29, 0.717) is 37.6 Å². The van der Waals surface area contributed by atoms with Crippen molar-refractivity contribution in [1.29, 1.82) is 0 Å². The predicted molar refractivity (Wildman–Crippen MR) is 230 cm³/mol. The third-order valence-corrected chi connectivity index (χ3v) is 11.6. The quantitative estimate of drug-likeness (QED) is 0.0971. The van der Waals surface area contributed by atoms with E-state index in [0.717, 1.165) is 60.5 Å². The molecular weight excluding hydrogens is 761 g/mol. The van der Waals surface area contributed by atoms with Crippen LogP contribution in [0.5, 0.6) is 0 Å². The summed E-state index contributed by atoms with van der Waals surface area (Å²) in [7, 11) is 2.71. The number of carbonyl (C=O) groups is 4. The van der Waals surface area contributed by atoms with Gasteiger partial charge in [-0.1, -0.05) is 101 Å². The van der Waals surface area contributed by atoms with Crippen LogP contribution in [0.3, 0.4) is 0 Å². The van der Waals surface area contributed by atoms with Crippen LogP contribution in [-0.2, 0) is 14.3 Å². The fraction of sp³-hybridized carbons (Fsp3) is 0.348. The van der Waals surface area contributed by atoms with Gasteiger partial charge in [0.25, 0.3) is 0 Å². The first-order valence-corrected chi connectivity index (χ1v) is 20.1. The Kier molecular flexibility index (Phi) is 11.7. The molecule has 0 saturated carbocycles. The molecule has 1 unspecified atom stereocenters. The van der Waals surface area contributed by atoms with Gasteiger partial charge in [-0.25, -0.2) is 19.6 Å². The average Bonchev–Trinajstić information content (AvgIpc) is 4.06. The molecule has 2 fully saturated rings. The molecule has 7 rings (SSSR count). The van der Waals surface area contributed by atoms with Crippen molar-refractivity contribution in [3.05, 3.63) is 109 Å². The molecule has 2 aliphatic rings. The Bertz CT molecular complexity index is 2470. The molecule has 4 heterocycles. The van der Waals surface area contributed by atoms with Gasteiger partial charge in [0.05, 0.1) is 43.0 Å². The van der Waals surface area contributed by atoms with Crippen molar-refractivity contribution in [1.82, 2.24) is 40.0 Å². The van der Waals surface area contributed by atoms with Crippen LogP contribution in [-0.4, -0.2) is 103 Å². The summed E-state index contributed by atoms with van der Waals surface area (Å²) < 4.78 is 4.76. The minimum absolute atomic E-state index is 0.148. The summed E-state index contributed by atoms with van der Waals surface area (Å²) in [5.74, 6) is 0.460. The SMILES string of the molecule is C=C1CC(c2ncc(-c3ccc(-c4ccc5cc(-c6cnc([C@@H]7CC(=C)CN7C(=O)[C@H](C(C)C)N(C)C(=O)O)[nH]6)ccc5c4)cc3)[nH]2)N(C(=O)[C@@H](NC(=O)OC)C(C)C)C1. The second kappa shape index (κ2) is 16.9. The molecule has 3 aromatic carbocycles. The number of rotatable bonds is 11. The zero-order chi connectivity index (χ0) is 43.0. The molecular formula is C46H52N8O6. The van der Waals surface area contributed by atoms with E-state index in [9.17, 15) is 24.3 Å². The van der Waals surface area contributed by atoms with Crippen molar-refractivity contribution in [3.63, 3.8) is 0 Å². The van der Waals surface area contributed by atoms with Gasteiger partial charge in [-0.2, -0.15) is 0 Å². The van der Waals surface area contributed by atoms with Crippen molar-refractivity contribution in [2.24, 2.45) is 11.8 Å². The first-order valence-electron chi connectivity index (χ1n) is 20.1. The summed E-state index contributed by atoms with van der Waals surface area (Å²) in [6.45, 7) is 16.5. The number of carbonyl (C=O) groups excluding carboxylic acids is 3. The van der Waals surface area contributed by atoms with Crippen LogP contribution >= 0.6 is 0 Å². The lowest BCUT2D eigenvalue weighted by molar-refractivity contribution is -0.138. The smallest absolute Gasteiger partial charge is 0.407 e. The van der Waals surface area contributed by atoms with E-state index in [2.05, 4.69) is 80.9 Å². The Balaban J connectivity index is 1.05. The number of nitrogens with one attached hydrogen (secondary N) is 3. The number of ether oxygens (including phenoxy) is 1. The summed E-state index contributed by atoms with van der Waals surface area (Å²) in [5.41, 5.74) is 7.45. The van der Waals surface area contributed by atoms with Crippen molar-refractivity contribution >= 4 is 34.8 Å². The van der Waals surface area contributed by atoms with E-state index in [1.807, 2.05) is 45.9 Å². The van der Waals surface area contributed by atoms with Crippen LogP contribution in [0.2, 0.25) is 0 Å². The molecule has 14 nitrogen and oxygen atoms in total. The summed E-state index contributed by atoms with van der Waals surface area (Å²) in [6, 6.07) is 18.5. The van der Waals surface area contributed by atoms with E-state index in [1.165, 1.54) is 14.2 Å². The summed E-state index contributed by atoms with van der Waals surface area (Å²) in [6.07, 6.45) is 2.86. The number of likely N-dealkylation sites (N-methyl/N-ethyl adjacent to an activating group) is 1. The lowest BCUT2D eigenvalue weighted by Gasteiger charge is -2.33. The molecule has 4 atom stereocenters. The standard InChI is InChI=1S/C46H52N8O6/c1-25(2)39(51-45(57)60-8)43(55)53-23-27(5)17-37(53)41-47-21-35(49-41)30-11-9-29(10-12-30)31-13-14-33-20-34(16-15-32(33)19-31)36-22-48-42(50-36)38-18-28(6)24-54(38)44(56)40(26(3)4)52(7)46(58)59/h9-16,19-22,25-26,37-40H,5-6,17-18,23-24H2,1-4,7-8H3,(H,47,49)(H,48,50)(H,51,57)(H,58,59)/t37?,38-,39-,40-/m0/s1. The van der Waals surface area contributed by atoms with Gasteiger partial charge in [0.15, 0.2) is 0 Å². The third-order valence-electron chi connectivity index (χ3n) is 11.6. The van der Waals surface area contributed by atoms with Gasteiger partial charge in [-0.3, -0.25) is 14.5 Å². The Morgan fingerprint density at radius 1 is 0.750 bits per heavy atom. The molecule has 5 aromatic rings. The number of imidazole rings is 2. The highest BCUT2D eigenvalue weighted by Crippen LogP contribution is 2.38. The first kappa shape index (κ1) is 41.5. The lowest BCUT2D eigenvalue weighted by atomic mass is 9.98.